The number of amides is 1. The predicted molar refractivity (Wildman–Crippen MR) is 75.6 cm³/mol. The van der Waals surface area contributed by atoms with Gasteiger partial charge in [-0.2, -0.15) is 15.0 Å². The predicted octanol–water partition coefficient (Wildman–Crippen LogP) is 0.870. The van der Waals surface area contributed by atoms with Crippen LogP contribution in [0.3, 0.4) is 0 Å². The van der Waals surface area contributed by atoms with Crippen molar-refractivity contribution in [1.82, 2.24) is 19.9 Å². The largest absolute Gasteiger partial charge is 0.347 e. The molecule has 8 heteroatoms. The number of halogens is 1. The summed E-state index contributed by atoms with van der Waals surface area (Å²) in [5, 5.41) is 3.02. The van der Waals surface area contributed by atoms with Gasteiger partial charge in [-0.1, -0.05) is 0 Å². The molecule has 0 radical (unpaired) electrons. The Labute approximate surface area is 118 Å². The number of carbonyl (C=O) groups excluding carboxylic acids is 1. The highest BCUT2D eigenvalue weighted by Gasteiger charge is 2.18. The van der Waals surface area contributed by atoms with Crippen LogP contribution in [0.1, 0.15) is 13.8 Å². The van der Waals surface area contributed by atoms with Crippen LogP contribution in [0.4, 0.5) is 11.9 Å². The normalized spacial score (nSPS) is 11.9. The van der Waals surface area contributed by atoms with Crippen molar-refractivity contribution >= 4 is 29.4 Å². The molecule has 0 saturated carbocycles. The van der Waals surface area contributed by atoms with Gasteiger partial charge in [-0.25, -0.2) is 0 Å². The molecule has 1 unspecified atom stereocenters. The van der Waals surface area contributed by atoms with E-state index >= 15 is 0 Å². The Balaban J connectivity index is 2.84. The van der Waals surface area contributed by atoms with Gasteiger partial charge in [0, 0.05) is 27.7 Å². The van der Waals surface area contributed by atoms with Crippen LogP contribution in [0.5, 0.6) is 0 Å². The van der Waals surface area contributed by atoms with Crippen molar-refractivity contribution in [3.8, 4) is 0 Å². The van der Waals surface area contributed by atoms with Crippen molar-refractivity contribution in [2.24, 2.45) is 0 Å². The zero-order chi connectivity index (χ0) is 14.6. The van der Waals surface area contributed by atoms with Gasteiger partial charge in [0.2, 0.25) is 23.1 Å². The molecule has 1 atom stereocenters. The monoisotopic (exact) mass is 286 g/mol. The van der Waals surface area contributed by atoms with Crippen LogP contribution >= 0.6 is 11.6 Å². The third-order valence-electron chi connectivity index (χ3n) is 2.56. The minimum Gasteiger partial charge on any atom is -0.347 e. The Kier molecular flexibility index (Phi) is 5.29. The third-order valence-corrected chi connectivity index (χ3v) is 2.73. The van der Waals surface area contributed by atoms with Crippen molar-refractivity contribution in [2.75, 3.05) is 37.9 Å². The number of hydrogen-bond donors (Lipinski definition) is 1. The molecule has 106 valence electrons. The van der Waals surface area contributed by atoms with E-state index in [1.165, 1.54) is 0 Å². The number of rotatable bonds is 5. The first-order chi connectivity index (χ1) is 8.85. The number of anilines is 2. The maximum Gasteiger partial charge on any atom is 0.244 e. The lowest BCUT2D eigenvalue weighted by Crippen LogP contribution is -2.39. The van der Waals surface area contributed by atoms with Crippen LogP contribution in [-0.4, -0.2) is 59.5 Å². The first-order valence-electron chi connectivity index (χ1n) is 5.95. The summed E-state index contributed by atoms with van der Waals surface area (Å²) in [6, 6.07) is -0.432. The van der Waals surface area contributed by atoms with Gasteiger partial charge in [0.25, 0.3) is 0 Å². The van der Waals surface area contributed by atoms with Gasteiger partial charge in [-0.05, 0) is 25.4 Å². The Bertz CT molecular complexity index is 453. The summed E-state index contributed by atoms with van der Waals surface area (Å²) in [5.74, 6) is 0.686. The molecule has 1 amide bonds. The minimum atomic E-state index is -0.432. The van der Waals surface area contributed by atoms with Crippen LogP contribution < -0.4 is 10.2 Å². The molecule has 0 saturated heterocycles. The summed E-state index contributed by atoms with van der Waals surface area (Å²) in [7, 11) is 5.34. The molecule has 1 N–H and O–H groups in total. The number of aromatic nitrogens is 3. The van der Waals surface area contributed by atoms with Crippen molar-refractivity contribution < 1.29 is 4.79 Å². The first kappa shape index (κ1) is 15.4. The maximum absolute atomic E-state index is 11.9. The second-order valence-electron chi connectivity index (χ2n) is 4.34. The van der Waals surface area contributed by atoms with E-state index in [1.807, 2.05) is 6.92 Å². The summed E-state index contributed by atoms with van der Waals surface area (Å²) < 4.78 is 0. The maximum atomic E-state index is 11.9. The van der Waals surface area contributed by atoms with Crippen LogP contribution in [-0.2, 0) is 4.79 Å². The SMILES string of the molecule is CCN(C)C(=O)C(C)Nc1nc(Cl)nc(N(C)C)n1. The molecule has 0 bridgehead atoms. The Morgan fingerprint density at radius 2 is 1.95 bits per heavy atom. The van der Waals surface area contributed by atoms with E-state index in [-0.39, 0.29) is 17.1 Å². The van der Waals surface area contributed by atoms with Gasteiger partial charge >= 0.3 is 0 Å². The highest BCUT2D eigenvalue weighted by Crippen LogP contribution is 2.12. The zero-order valence-corrected chi connectivity index (χ0v) is 12.6. The summed E-state index contributed by atoms with van der Waals surface area (Å²) in [6.07, 6.45) is 0. The summed E-state index contributed by atoms with van der Waals surface area (Å²) in [4.78, 5) is 27.4. The molecule has 0 aliphatic heterocycles. The van der Waals surface area contributed by atoms with Crippen molar-refractivity contribution in [1.29, 1.82) is 0 Å². The fraction of sp³-hybridized carbons (Fsp3) is 0.636. The number of hydrogen-bond acceptors (Lipinski definition) is 6. The van der Waals surface area contributed by atoms with Crippen molar-refractivity contribution in [3.05, 3.63) is 5.28 Å². The highest BCUT2D eigenvalue weighted by molar-refractivity contribution is 6.28. The average Bonchev–Trinajstić information content (AvgIpc) is 2.35. The minimum absolute atomic E-state index is 0.0366. The summed E-state index contributed by atoms with van der Waals surface area (Å²) >= 11 is 5.82. The molecule has 1 aromatic heterocycles. The lowest BCUT2D eigenvalue weighted by atomic mass is 10.3. The van der Waals surface area contributed by atoms with Crippen LogP contribution in [0.2, 0.25) is 5.28 Å². The van der Waals surface area contributed by atoms with E-state index in [4.69, 9.17) is 11.6 Å². The topological polar surface area (TPSA) is 74.2 Å². The quantitative estimate of drug-likeness (QED) is 0.866. The fourth-order valence-corrected chi connectivity index (χ4v) is 1.50. The molecule has 1 rings (SSSR count). The highest BCUT2D eigenvalue weighted by atomic mass is 35.5. The van der Waals surface area contributed by atoms with E-state index in [2.05, 4.69) is 20.3 Å². The Morgan fingerprint density at radius 1 is 1.32 bits per heavy atom. The summed E-state index contributed by atoms with van der Waals surface area (Å²) in [6.45, 7) is 4.31. The molecule has 0 aliphatic carbocycles. The number of nitrogens with zero attached hydrogens (tertiary/aromatic N) is 5. The smallest absolute Gasteiger partial charge is 0.244 e. The lowest BCUT2D eigenvalue weighted by Gasteiger charge is -2.21. The van der Waals surface area contributed by atoms with E-state index in [0.717, 1.165) is 0 Å². The molecule has 19 heavy (non-hydrogen) atoms. The molecule has 1 aromatic rings. The van der Waals surface area contributed by atoms with Crippen LogP contribution in [0, 0.1) is 0 Å². The molecule has 1 heterocycles. The molecule has 7 nitrogen and oxygen atoms in total. The average molecular weight is 287 g/mol. The van der Waals surface area contributed by atoms with E-state index in [9.17, 15) is 4.79 Å². The number of carbonyl (C=O) groups is 1. The van der Waals surface area contributed by atoms with E-state index in [1.54, 1.807) is 37.9 Å². The lowest BCUT2D eigenvalue weighted by molar-refractivity contribution is -0.130. The van der Waals surface area contributed by atoms with Gasteiger partial charge < -0.3 is 15.1 Å². The zero-order valence-electron chi connectivity index (χ0n) is 11.8. The number of nitrogens with one attached hydrogen (secondary N) is 1. The summed E-state index contributed by atoms with van der Waals surface area (Å²) in [5.41, 5.74) is 0. The van der Waals surface area contributed by atoms with Gasteiger partial charge in [-0.3, -0.25) is 4.79 Å². The van der Waals surface area contributed by atoms with Crippen molar-refractivity contribution in [2.45, 2.75) is 19.9 Å². The van der Waals surface area contributed by atoms with Crippen LogP contribution in [0.15, 0.2) is 0 Å². The first-order valence-corrected chi connectivity index (χ1v) is 6.33. The van der Waals surface area contributed by atoms with E-state index in [0.29, 0.717) is 12.5 Å². The standard InChI is InChI=1S/C11H19ClN6O/c1-6-18(5)8(19)7(2)13-10-14-9(12)15-11(16-10)17(3)4/h7H,6H2,1-5H3,(H,13,14,15,16). The molecule has 0 aromatic carbocycles. The third kappa shape index (κ3) is 4.20. The van der Waals surface area contributed by atoms with Gasteiger partial charge in [0.05, 0.1) is 0 Å². The number of likely N-dealkylation sites (N-methyl/N-ethyl adjacent to an activating group) is 1. The van der Waals surface area contributed by atoms with Gasteiger partial charge in [-0.15, -0.1) is 0 Å². The second kappa shape index (κ2) is 6.51. The molecular formula is C11H19ClN6O. The molecular weight excluding hydrogens is 268 g/mol. The second-order valence-corrected chi connectivity index (χ2v) is 4.68. The van der Waals surface area contributed by atoms with E-state index < -0.39 is 6.04 Å². The fourth-order valence-electron chi connectivity index (χ4n) is 1.35. The van der Waals surface area contributed by atoms with Gasteiger partial charge in [0.1, 0.15) is 6.04 Å². The Morgan fingerprint density at radius 3 is 2.47 bits per heavy atom. The Hall–Kier alpha value is -1.63. The molecule has 0 fully saturated rings. The molecule has 0 aliphatic rings. The van der Waals surface area contributed by atoms with Crippen LogP contribution in [0.25, 0.3) is 0 Å². The van der Waals surface area contributed by atoms with Gasteiger partial charge in [0.15, 0.2) is 0 Å². The molecule has 0 spiro atoms. The van der Waals surface area contributed by atoms with Crippen molar-refractivity contribution in [3.63, 3.8) is 0 Å².